The molecule has 1 aromatic carbocycles. The van der Waals surface area contributed by atoms with Gasteiger partial charge in [-0.25, -0.2) is 0 Å². The van der Waals surface area contributed by atoms with Crippen molar-refractivity contribution in [3.8, 4) is 0 Å². The van der Waals surface area contributed by atoms with Gasteiger partial charge >= 0.3 is 5.97 Å². The lowest BCUT2D eigenvalue weighted by atomic mass is 9.82. The fourth-order valence-corrected chi connectivity index (χ4v) is 2.70. The molecule has 1 heterocycles. The molecule has 20 heavy (non-hydrogen) atoms. The molecular weight excluding hydrogens is 256 g/mol. The molecule has 1 atom stereocenters. The Labute approximate surface area is 118 Å². The molecule has 2 rings (SSSR count). The van der Waals surface area contributed by atoms with Crippen LogP contribution >= 0.6 is 0 Å². The summed E-state index contributed by atoms with van der Waals surface area (Å²) in [5, 5.41) is 10.9. The van der Waals surface area contributed by atoms with Crippen LogP contribution in [-0.4, -0.2) is 48.1 Å². The average molecular weight is 276 g/mol. The Morgan fingerprint density at radius 2 is 2.05 bits per heavy atom. The Balaban J connectivity index is 1.89. The molecule has 1 aliphatic rings. The molecule has 1 fully saturated rings. The van der Waals surface area contributed by atoms with Crippen LogP contribution in [0, 0.1) is 0 Å². The van der Waals surface area contributed by atoms with Crippen LogP contribution in [0.15, 0.2) is 30.3 Å². The molecule has 0 spiro atoms. The van der Waals surface area contributed by atoms with E-state index >= 15 is 0 Å². The smallest absolute Gasteiger partial charge is 0.322 e. The van der Waals surface area contributed by atoms with Crippen molar-refractivity contribution in [2.45, 2.75) is 18.8 Å². The van der Waals surface area contributed by atoms with Crippen molar-refractivity contribution < 1.29 is 14.7 Å². The fraction of sp³-hybridized carbons (Fsp3) is 0.467. The van der Waals surface area contributed by atoms with E-state index in [1.54, 1.807) is 0 Å². The van der Waals surface area contributed by atoms with E-state index in [9.17, 15) is 9.59 Å². The van der Waals surface area contributed by atoms with Crippen molar-refractivity contribution in [2.24, 2.45) is 0 Å². The molecule has 1 aromatic rings. The lowest BCUT2D eigenvalue weighted by Gasteiger charge is -2.25. The zero-order valence-electron chi connectivity index (χ0n) is 11.6. The Morgan fingerprint density at radius 1 is 1.35 bits per heavy atom. The predicted molar refractivity (Wildman–Crippen MR) is 75.5 cm³/mol. The quantitative estimate of drug-likeness (QED) is 0.836. The Bertz CT molecular complexity index is 489. The number of carboxylic acids is 1. The van der Waals surface area contributed by atoms with Gasteiger partial charge in [-0.1, -0.05) is 37.3 Å². The summed E-state index contributed by atoms with van der Waals surface area (Å²) < 4.78 is 0. The second kappa shape index (κ2) is 6.05. The number of hydrogen-bond acceptors (Lipinski definition) is 3. The fourth-order valence-electron chi connectivity index (χ4n) is 2.70. The first kappa shape index (κ1) is 14.5. The van der Waals surface area contributed by atoms with Crippen molar-refractivity contribution in [3.63, 3.8) is 0 Å². The molecule has 2 N–H and O–H groups in total. The molecule has 1 aliphatic heterocycles. The van der Waals surface area contributed by atoms with E-state index in [1.807, 2.05) is 18.2 Å². The monoisotopic (exact) mass is 276 g/mol. The third-order valence-corrected chi connectivity index (χ3v) is 3.83. The molecule has 5 heteroatoms. The molecule has 108 valence electrons. The third kappa shape index (κ3) is 3.57. The predicted octanol–water partition coefficient (Wildman–Crippen LogP) is 0.851. The van der Waals surface area contributed by atoms with E-state index in [-0.39, 0.29) is 24.4 Å². The number of carbonyl (C=O) groups excluding carboxylic acids is 1. The first-order chi connectivity index (χ1) is 9.49. The zero-order chi connectivity index (χ0) is 14.6. The maximum atomic E-state index is 11.6. The molecule has 1 amide bonds. The van der Waals surface area contributed by atoms with Gasteiger partial charge in [-0.15, -0.1) is 0 Å². The molecule has 5 nitrogen and oxygen atoms in total. The highest BCUT2D eigenvalue weighted by molar-refractivity contribution is 5.82. The largest absolute Gasteiger partial charge is 0.480 e. The van der Waals surface area contributed by atoms with E-state index in [0.29, 0.717) is 0 Å². The summed E-state index contributed by atoms with van der Waals surface area (Å²) >= 11 is 0. The van der Waals surface area contributed by atoms with Gasteiger partial charge in [-0.05, 0) is 18.5 Å². The van der Waals surface area contributed by atoms with Gasteiger partial charge in [0, 0.05) is 12.0 Å². The minimum absolute atomic E-state index is 0.0638. The summed E-state index contributed by atoms with van der Waals surface area (Å²) in [6.07, 6.45) is 1.00. The third-order valence-electron chi connectivity index (χ3n) is 3.83. The summed E-state index contributed by atoms with van der Waals surface area (Å²) in [6.45, 7) is 3.82. The van der Waals surface area contributed by atoms with Crippen molar-refractivity contribution in [2.75, 3.05) is 26.2 Å². The highest BCUT2D eigenvalue weighted by atomic mass is 16.4. The molecule has 0 bridgehead atoms. The molecule has 0 radical (unpaired) electrons. The van der Waals surface area contributed by atoms with Crippen molar-refractivity contribution in [1.29, 1.82) is 0 Å². The normalized spacial score (nSPS) is 22.6. The van der Waals surface area contributed by atoms with Gasteiger partial charge in [0.1, 0.15) is 6.54 Å². The summed E-state index contributed by atoms with van der Waals surface area (Å²) in [5.74, 6) is -1.25. The minimum atomic E-state index is -1.02. The van der Waals surface area contributed by atoms with E-state index in [4.69, 9.17) is 5.11 Å². The standard InChI is InChI=1S/C15H20N2O3/c1-15(12-5-3-2-4-6-12)7-8-17(11-15)10-13(18)16-9-14(19)20/h2-6H,7-11H2,1H3,(H,16,18)(H,19,20). The topological polar surface area (TPSA) is 69.6 Å². The maximum absolute atomic E-state index is 11.6. The minimum Gasteiger partial charge on any atom is -0.480 e. The van der Waals surface area contributed by atoms with Crippen molar-refractivity contribution >= 4 is 11.9 Å². The summed E-state index contributed by atoms with van der Waals surface area (Å²) in [4.78, 5) is 24.1. The van der Waals surface area contributed by atoms with Crippen LogP contribution in [0.2, 0.25) is 0 Å². The van der Waals surface area contributed by atoms with E-state index < -0.39 is 5.97 Å². The van der Waals surface area contributed by atoms with E-state index in [1.165, 1.54) is 5.56 Å². The second-order valence-electron chi connectivity index (χ2n) is 5.56. The molecular formula is C15H20N2O3. The zero-order valence-corrected chi connectivity index (χ0v) is 11.6. The molecule has 1 saturated heterocycles. The van der Waals surface area contributed by atoms with Gasteiger partial charge < -0.3 is 10.4 Å². The van der Waals surface area contributed by atoms with Crippen LogP contribution in [-0.2, 0) is 15.0 Å². The lowest BCUT2D eigenvalue weighted by Crippen LogP contribution is -2.39. The summed E-state index contributed by atoms with van der Waals surface area (Å²) in [5.41, 5.74) is 1.35. The highest BCUT2D eigenvalue weighted by Crippen LogP contribution is 2.33. The van der Waals surface area contributed by atoms with Crippen LogP contribution in [0.1, 0.15) is 18.9 Å². The van der Waals surface area contributed by atoms with Crippen LogP contribution in [0.5, 0.6) is 0 Å². The summed E-state index contributed by atoms with van der Waals surface area (Å²) in [6, 6.07) is 10.3. The Morgan fingerprint density at radius 3 is 2.70 bits per heavy atom. The lowest BCUT2D eigenvalue weighted by molar-refractivity contribution is -0.138. The number of carboxylic acid groups (broad SMARTS) is 1. The van der Waals surface area contributed by atoms with Gasteiger partial charge in [-0.2, -0.15) is 0 Å². The molecule has 1 unspecified atom stereocenters. The number of benzene rings is 1. The van der Waals surface area contributed by atoms with E-state index in [0.717, 1.165) is 19.5 Å². The Hall–Kier alpha value is -1.88. The Kier molecular flexibility index (Phi) is 4.39. The summed E-state index contributed by atoms with van der Waals surface area (Å²) in [7, 11) is 0. The molecule has 0 aromatic heterocycles. The number of nitrogens with zero attached hydrogens (tertiary/aromatic N) is 1. The average Bonchev–Trinajstić information content (AvgIpc) is 2.80. The molecule has 0 saturated carbocycles. The number of nitrogens with one attached hydrogen (secondary N) is 1. The van der Waals surface area contributed by atoms with E-state index in [2.05, 4.69) is 29.3 Å². The number of hydrogen-bond donors (Lipinski definition) is 2. The number of likely N-dealkylation sites (tertiary alicyclic amines) is 1. The maximum Gasteiger partial charge on any atom is 0.322 e. The first-order valence-corrected chi connectivity index (χ1v) is 6.76. The van der Waals surface area contributed by atoms with Crippen LogP contribution in [0.3, 0.4) is 0 Å². The van der Waals surface area contributed by atoms with Gasteiger partial charge in [0.25, 0.3) is 0 Å². The van der Waals surface area contributed by atoms with Crippen LogP contribution < -0.4 is 5.32 Å². The van der Waals surface area contributed by atoms with Crippen molar-refractivity contribution in [3.05, 3.63) is 35.9 Å². The van der Waals surface area contributed by atoms with Gasteiger partial charge in [-0.3, -0.25) is 14.5 Å². The molecule has 0 aliphatic carbocycles. The number of amides is 1. The number of aliphatic carboxylic acids is 1. The number of carbonyl (C=O) groups is 2. The van der Waals surface area contributed by atoms with Gasteiger partial charge in [0.05, 0.1) is 6.54 Å². The highest BCUT2D eigenvalue weighted by Gasteiger charge is 2.35. The van der Waals surface area contributed by atoms with Gasteiger partial charge in [0.15, 0.2) is 0 Å². The van der Waals surface area contributed by atoms with Crippen molar-refractivity contribution in [1.82, 2.24) is 10.2 Å². The second-order valence-corrected chi connectivity index (χ2v) is 5.56. The van der Waals surface area contributed by atoms with Crippen LogP contribution in [0.4, 0.5) is 0 Å². The SMILES string of the molecule is CC1(c2ccccc2)CCN(CC(=O)NCC(=O)O)C1. The van der Waals surface area contributed by atoms with Gasteiger partial charge in [0.2, 0.25) is 5.91 Å². The van der Waals surface area contributed by atoms with Crippen LogP contribution in [0.25, 0.3) is 0 Å². The first-order valence-electron chi connectivity index (χ1n) is 6.76. The number of rotatable bonds is 5.